The van der Waals surface area contributed by atoms with Crippen molar-refractivity contribution >= 4 is 22.4 Å². The summed E-state index contributed by atoms with van der Waals surface area (Å²) in [5, 5.41) is 13.6. The number of para-hydroxylation sites is 4. The van der Waals surface area contributed by atoms with Gasteiger partial charge in [0.25, 0.3) is 0 Å². The first kappa shape index (κ1) is 13.8. The molecule has 0 aliphatic carbocycles. The molecule has 0 spiro atoms. The van der Waals surface area contributed by atoms with Gasteiger partial charge in [-0.25, -0.2) is 0 Å². The maximum Gasteiger partial charge on any atom is 0.112 e. The van der Waals surface area contributed by atoms with Crippen molar-refractivity contribution in [2.45, 2.75) is 0 Å². The molecular formula is C18H16N4. The number of fused-ring (bicyclic) bond motifs is 1. The van der Waals surface area contributed by atoms with Crippen molar-refractivity contribution in [2.75, 3.05) is 5.32 Å². The predicted octanol–water partition coefficient (Wildman–Crippen LogP) is 4.39. The standard InChI is InChI=1S/C12H11N.C6H5N3/c1-3-7-11(8-4-1)13-12-9-5-2-6-10-12;1-2-4-6-5(3-1)7-9-8-6/h1-10,13H;1-4H,(H,7,8,9). The van der Waals surface area contributed by atoms with Crippen LogP contribution in [0, 0.1) is 0 Å². The third-order valence-corrected chi connectivity index (χ3v) is 3.06. The number of nitrogens with zero attached hydrogens (tertiary/aromatic N) is 2. The van der Waals surface area contributed by atoms with E-state index in [1.54, 1.807) is 0 Å². The molecule has 3 aromatic carbocycles. The Bertz CT molecular complexity index is 742. The predicted molar refractivity (Wildman–Crippen MR) is 90.1 cm³/mol. The number of nitrogens with one attached hydrogen (secondary N) is 2. The molecule has 0 fully saturated rings. The van der Waals surface area contributed by atoms with Crippen LogP contribution in [0.4, 0.5) is 11.4 Å². The second kappa shape index (κ2) is 7.04. The summed E-state index contributed by atoms with van der Waals surface area (Å²) in [5.41, 5.74) is 4.07. The van der Waals surface area contributed by atoms with E-state index in [2.05, 4.69) is 20.7 Å². The minimum absolute atomic E-state index is 0.914. The zero-order valence-corrected chi connectivity index (χ0v) is 12.0. The lowest BCUT2D eigenvalue weighted by Crippen LogP contribution is -1.87. The van der Waals surface area contributed by atoms with Crippen molar-refractivity contribution in [2.24, 2.45) is 0 Å². The Kier molecular flexibility index (Phi) is 4.42. The minimum Gasteiger partial charge on any atom is -0.356 e. The van der Waals surface area contributed by atoms with Crippen molar-refractivity contribution in [3.63, 3.8) is 0 Å². The molecule has 0 saturated carbocycles. The number of hydrogen-bond acceptors (Lipinski definition) is 3. The number of benzene rings is 3. The molecule has 0 unspecified atom stereocenters. The summed E-state index contributed by atoms with van der Waals surface area (Å²) in [6.45, 7) is 0. The minimum atomic E-state index is 0.914. The van der Waals surface area contributed by atoms with Gasteiger partial charge in [0.1, 0.15) is 11.0 Å². The van der Waals surface area contributed by atoms with Crippen LogP contribution < -0.4 is 5.32 Å². The molecular weight excluding hydrogens is 272 g/mol. The Hall–Kier alpha value is -3.14. The number of aromatic nitrogens is 3. The fraction of sp³-hybridized carbons (Fsp3) is 0. The van der Waals surface area contributed by atoms with E-state index in [1.807, 2.05) is 84.9 Å². The van der Waals surface area contributed by atoms with E-state index in [-0.39, 0.29) is 0 Å². The highest BCUT2D eigenvalue weighted by Gasteiger charge is 1.91. The molecule has 22 heavy (non-hydrogen) atoms. The topological polar surface area (TPSA) is 53.6 Å². The molecule has 1 heterocycles. The molecule has 1 aromatic heterocycles. The van der Waals surface area contributed by atoms with E-state index in [4.69, 9.17) is 0 Å². The molecule has 0 aliphatic heterocycles. The van der Waals surface area contributed by atoms with Crippen molar-refractivity contribution in [3.8, 4) is 0 Å². The summed E-state index contributed by atoms with van der Waals surface area (Å²) in [6, 6.07) is 28.0. The second-order valence-corrected chi connectivity index (χ2v) is 4.67. The lowest BCUT2D eigenvalue weighted by Gasteiger charge is -2.04. The molecule has 0 radical (unpaired) electrons. The van der Waals surface area contributed by atoms with Gasteiger partial charge in [-0.05, 0) is 36.4 Å². The highest BCUT2D eigenvalue weighted by Crippen LogP contribution is 2.14. The summed E-state index contributed by atoms with van der Waals surface area (Å²) in [5.74, 6) is 0. The van der Waals surface area contributed by atoms with Gasteiger partial charge in [-0.1, -0.05) is 48.5 Å². The lowest BCUT2D eigenvalue weighted by atomic mass is 10.3. The van der Waals surface area contributed by atoms with E-state index in [0.29, 0.717) is 0 Å². The summed E-state index contributed by atoms with van der Waals surface area (Å²) in [4.78, 5) is 0. The van der Waals surface area contributed by atoms with Crippen molar-refractivity contribution in [1.82, 2.24) is 15.4 Å². The summed E-state index contributed by atoms with van der Waals surface area (Å²) < 4.78 is 0. The van der Waals surface area contributed by atoms with Crippen LogP contribution in [0.25, 0.3) is 11.0 Å². The summed E-state index contributed by atoms with van der Waals surface area (Å²) in [6.07, 6.45) is 0. The fourth-order valence-corrected chi connectivity index (χ4v) is 2.00. The van der Waals surface area contributed by atoms with E-state index < -0.39 is 0 Å². The van der Waals surface area contributed by atoms with Crippen LogP contribution in [0.3, 0.4) is 0 Å². The van der Waals surface area contributed by atoms with Gasteiger partial charge >= 0.3 is 0 Å². The number of anilines is 2. The highest BCUT2D eigenvalue weighted by atomic mass is 15.3. The van der Waals surface area contributed by atoms with Crippen LogP contribution in [0.1, 0.15) is 0 Å². The first-order valence-corrected chi connectivity index (χ1v) is 7.04. The Balaban J connectivity index is 0.000000139. The molecule has 0 aliphatic rings. The Morgan fingerprint density at radius 2 is 0.955 bits per heavy atom. The Morgan fingerprint density at radius 3 is 1.41 bits per heavy atom. The van der Waals surface area contributed by atoms with Crippen LogP contribution in [0.15, 0.2) is 84.9 Å². The highest BCUT2D eigenvalue weighted by molar-refractivity contribution is 5.72. The number of rotatable bonds is 2. The molecule has 4 aromatic rings. The van der Waals surface area contributed by atoms with Gasteiger partial charge in [0.05, 0.1) is 0 Å². The number of hydrogen-bond donors (Lipinski definition) is 2. The van der Waals surface area contributed by atoms with Gasteiger partial charge in [-0.3, -0.25) is 0 Å². The quantitative estimate of drug-likeness (QED) is 0.575. The van der Waals surface area contributed by atoms with Crippen molar-refractivity contribution < 1.29 is 0 Å². The fourth-order valence-electron chi connectivity index (χ4n) is 2.00. The first-order valence-electron chi connectivity index (χ1n) is 7.04. The van der Waals surface area contributed by atoms with E-state index in [0.717, 1.165) is 22.4 Å². The average molecular weight is 288 g/mol. The lowest BCUT2D eigenvalue weighted by molar-refractivity contribution is 0.959. The zero-order chi connectivity index (χ0) is 15.0. The van der Waals surface area contributed by atoms with Gasteiger partial charge in [-0.15, -0.1) is 0 Å². The van der Waals surface area contributed by atoms with Gasteiger partial charge < -0.3 is 5.32 Å². The van der Waals surface area contributed by atoms with Crippen LogP contribution in [0.2, 0.25) is 0 Å². The molecule has 4 nitrogen and oxygen atoms in total. The molecule has 0 bridgehead atoms. The van der Waals surface area contributed by atoms with Gasteiger partial charge in [0.2, 0.25) is 0 Å². The molecule has 4 rings (SSSR count). The zero-order valence-electron chi connectivity index (χ0n) is 12.0. The molecule has 0 atom stereocenters. The SMILES string of the molecule is c1ccc(Nc2ccccc2)cc1.c1ccc2n[nH]nc2c1. The summed E-state index contributed by atoms with van der Waals surface area (Å²) >= 11 is 0. The van der Waals surface area contributed by atoms with E-state index in [1.165, 1.54) is 0 Å². The van der Waals surface area contributed by atoms with E-state index in [9.17, 15) is 0 Å². The van der Waals surface area contributed by atoms with Crippen molar-refractivity contribution in [1.29, 1.82) is 0 Å². The molecule has 0 saturated heterocycles. The smallest absolute Gasteiger partial charge is 0.112 e. The van der Waals surface area contributed by atoms with Gasteiger partial charge in [0.15, 0.2) is 0 Å². The largest absolute Gasteiger partial charge is 0.356 e. The van der Waals surface area contributed by atoms with Crippen LogP contribution >= 0.6 is 0 Å². The first-order chi connectivity index (χ1) is 10.9. The van der Waals surface area contributed by atoms with Crippen LogP contribution in [-0.4, -0.2) is 15.4 Å². The normalized spacial score (nSPS) is 9.82. The summed E-state index contributed by atoms with van der Waals surface area (Å²) in [7, 11) is 0. The maximum atomic E-state index is 3.88. The Labute approximate surface area is 128 Å². The molecule has 2 N–H and O–H groups in total. The molecule has 4 heteroatoms. The van der Waals surface area contributed by atoms with Crippen LogP contribution in [-0.2, 0) is 0 Å². The van der Waals surface area contributed by atoms with Gasteiger partial charge in [-0.2, -0.15) is 15.4 Å². The average Bonchev–Trinajstić information content (AvgIpc) is 3.06. The molecule has 108 valence electrons. The second-order valence-electron chi connectivity index (χ2n) is 4.67. The number of aromatic amines is 1. The molecule has 0 amide bonds. The van der Waals surface area contributed by atoms with E-state index >= 15 is 0 Å². The monoisotopic (exact) mass is 288 g/mol. The Morgan fingerprint density at radius 1 is 0.545 bits per heavy atom. The third-order valence-electron chi connectivity index (χ3n) is 3.06. The van der Waals surface area contributed by atoms with Gasteiger partial charge in [0, 0.05) is 11.4 Å². The maximum absolute atomic E-state index is 3.88. The van der Waals surface area contributed by atoms with Crippen molar-refractivity contribution in [3.05, 3.63) is 84.9 Å². The number of H-pyrrole nitrogens is 1. The van der Waals surface area contributed by atoms with Crippen LogP contribution in [0.5, 0.6) is 0 Å². The third kappa shape index (κ3) is 3.70.